The Morgan fingerprint density at radius 1 is 1.00 bits per heavy atom. The quantitative estimate of drug-likeness (QED) is 0.850. The molecule has 4 heteroatoms. The molecule has 0 amide bonds. The van der Waals surface area contributed by atoms with Gasteiger partial charge in [0.2, 0.25) is 0 Å². The summed E-state index contributed by atoms with van der Waals surface area (Å²) in [5.41, 5.74) is 1.97. The van der Waals surface area contributed by atoms with Crippen molar-refractivity contribution in [2.24, 2.45) is 0 Å². The average molecular weight is 310 g/mol. The second kappa shape index (κ2) is 6.08. The maximum Gasteiger partial charge on any atom is 0.147 e. The molecule has 0 N–H and O–H groups in total. The zero-order chi connectivity index (χ0) is 15.8. The molecule has 1 aromatic carbocycles. The Labute approximate surface area is 138 Å². The molecule has 1 aromatic heterocycles. The molecule has 0 bridgehead atoms. The molecule has 2 saturated heterocycles. The first kappa shape index (κ1) is 14.9. The number of hydrogen-bond acceptors (Lipinski definition) is 4. The van der Waals surface area contributed by atoms with Crippen molar-refractivity contribution in [1.29, 1.82) is 0 Å². The van der Waals surface area contributed by atoms with E-state index >= 15 is 0 Å². The Morgan fingerprint density at radius 3 is 2.52 bits per heavy atom. The molecule has 2 aliphatic heterocycles. The van der Waals surface area contributed by atoms with Crippen molar-refractivity contribution in [3.8, 4) is 0 Å². The summed E-state index contributed by atoms with van der Waals surface area (Å²) in [6.07, 6.45) is 7.18. The molecular weight excluding hydrogens is 284 g/mol. The van der Waals surface area contributed by atoms with Crippen molar-refractivity contribution < 1.29 is 0 Å². The van der Waals surface area contributed by atoms with Crippen LogP contribution >= 0.6 is 0 Å². The fourth-order valence-corrected chi connectivity index (χ4v) is 4.44. The van der Waals surface area contributed by atoms with Crippen LogP contribution in [0, 0.1) is 0 Å². The number of anilines is 1. The highest BCUT2D eigenvalue weighted by atomic mass is 15.3. The topological polar surface area (TPSA) is 32.3 Å². The summed E-state index contributed by atoms with van der Waals surface area (Å²) in [4.78, 5) is 14.6. The fourth-order valence-electron chi connectivity index (χ4n) is 4.44. The van der Waals surface area contributed by atoms with Crippen LogP contribution in [0.1, 0.15) is 39.5 Å². The van der Waals surface area contributed by atoms with E-state index in [1.807, 2.05) is 24.4 Å². The second-order valence-corrected chi connectivity index (χ2v) is 7.18. The van der Waals surface area contributed by atoms with Gasteiger partial charge in [0.25, 0.3) is 0 Å². The molecule has 4 rings (SSSR count). The van der Waals surface area contributed by atoms with Crippen LogP contribution in [-0.2, 0) is 0 Å². The van der Waals surface area contributed by atoms with Crippen molar-refractivity contribution in [3.63, 3.8) is 0 Å². The third-order valence-electron chi connectivity index (χ3n) is 5.60. The van der Waals surface area contributed by atoms with Gasteiger partial charge >= 0.3 is 0 Å². The van der Waals surface area contributed by atoms with Gasteiger partial charge in [-0.15, -0.1) is 0 Å². The monoisotopic (exact) mass is 310 g/mol. The maximum absolute atomic E-state index is 4.84. The van der Waals surface area contributed by atoms with Crippen LogP contribution in [0.4, 0.5) is 5.82 Å². The fraction of sp³-hybridized carbons (Fsp3) is 0.579. The van der Waals surface area contributed by atoms with E-state index in [-0.39, 0.29) is 0 Å². The molecular formula is C19H26N4. The molecule has 2 aromatic rings. The minimum Gasteiger partial charge on any atom is -0.354 e. The third-order valence-corrected chi connectivity index (χ3v) is 5.60. The summed E-state index contributed by atoms with van der Waals surface area (Å²) in [6.45, 7) is 6.96. The molecule has 3 heterocycles. The Balaban J connectivity index is 1.56. The second-order valence-electron chi connectivity index (χ2n) is 7.18. The van der Waals surface area contributed by atoms with E-state index in [1.54, 1.807) is 0 Å². The number of benzene rings is 1. The molecule has 0 unspecified atom stereocenters. The van der Waals surface area contributed by atoms with Gasteiger partial charge in [-0.2, -0.15) is 0 Å². The van der Waals surface area contributed by atoms with Gasteiger partial charge < -0.3 is 4.90 Å². The number of nitrogens with zero attached hydrogens (tertiary/aromatic N) is 4. The molecule has 0 spiro atoms. The van der Waals surface area contributed by atoms with E-state index in [2.05, 4.69) is 34.7 Å². The van der Waals surface area contributed by atoms with Gasteiger partial charge in [0.15, 0.2) is 0 Å². The van der Waals surface area contributed by atoms with E-state index < -0.39 is 0 Å². The lowest BCUT2D eigenvalue weighted by molar-refractivity contribution is 0.129. The third kappa shape index (κ3) is 2.80. The van der Waals surface area contributed by atoms with Crippen LogP contribution < -0.4 is 4.90 Å². The summed E-state index contributed by atoms with van der Waals surface area (Å²) in [5, 5.41) is 0. The number of aromatic nitrogens is 2. The molecule has 2 fully saturated rings. The molecule has 2 aliphatic rings. The van der Waals surface area contributed by atoms with Crippen LogP contribution in [0.5, 0.6) is 0 Å². The van der Waals surface area contributed by atoms with Gasteiger partial charge in [-0.3, -0.25) is 9.88 Å². The van der Waals surface area contributed by atoms with Crippen LogP contribution in [0.15, 0.2) is 30.5 Å². The highest BCUT2D eigenvalue weighted by molar-refractivity contribution is 5.75. The first-order chi connectivity index (χ1) is 11.2. The van der Waals surface area contributed by atoms with Crippen LogP contribution in [0.25, 0.3) is 11.0 Å². The molecule has 23 heavy (non-hydrogen) atoms. The normalized spacial score (nSPS) is 29.3. The smallest absolute Gasteiger partial charge is 0.147 e. The number of likely N-dealkylation sites (tertiary alicyclic amines) is 1. The largest absolute Gasteiger partial charge is 0.354 e. The van der Waals surface area contributed by atoms with E-state index in [0.29, 0.717) is 6.04 Å². The Hall–Kier alpha value is -1.68. The first-order valence-corrected chi connectivity index (χ1v) is 8.96. The first-order valence-electron chi connectivity index (χ1n) is 8.96. The summed E-state index contributed by atoms with van der Waals surface area (Å²) in [5.74, 6) is 1.04. The predicted molar refractivity (Wildman–Crippen MR) is 94.8 cm³/mol. The standard InChI is InChI=1S/C19H26N4/c1-14-9-10-15(2)23(14)16-6-5-11-22(13-16)19-12-20-17-7-3-4-8-18(17)21-19/h3-4,7-8,12,14-16H,5-6,9-11,13H2,1-2H3/t14-,15+,16-/m1/s1. The minimum absolute atomic E-state index is 0.657. The van der Waals surface area contributed by atoms with Crippen LogP contribution in [0.2, 0.25) is 0 Å². The predicted octanol–water partition coefficient (Wildman–Crippen LogP) is 3.47. The SMILES string of the molecule is C[C@@H]1CC[C@H](C)N1[C@@H]1CCCN(c2cnc3ccccc3n2)C1. The molecule has 3 atom stereocenters. The highest BCUT2D eigenvalue weighted by Crippen LogP contribution is 2.31. The lowest BCUT2D eigenvalue weighted by atomic mass is 10.0. The summed E-state index contributed by atoms with van der Waals surface area (Å²) in [6, 6.07) is 10.2. The van der Waals surface area contributed by atoms with Crippen molar-refractivity contribution in [2.75, 3.05) is 18.0 Å². The number of fused-ring (bicyclic) bond motifs is 1. The van der Waals surface area contributed by atoms with Gasteiger partial charge in [0.05, 0.1) is 17.2 Å². The number of hydrogen-bond donors (Lipinski definition) is 0. The van der Waals surface area contributed by atoms with Crippen molar-refractivity contribution >= 4 is 16.9 Å². The Bertz CT molecular complexity index is 676. The van der Waals surface area contributed by atoms with Crippen LogP contribution in [-0.4, -0.2) is 46.1 Å². The van der Waals surface area contributed by atoms with Crippen LogP contribution in [0.3, 0.4) is 0 Å². The van der Waals surface area contributed by atoms with E-state index in [4.69, 9.17) is 4.98 Å². The van der Waals surface area contributed by atoms with Crippen molar-refractivity contribution in [3.05, 3.63) is 30.5 Å². The molecule has 0 aliphatic carbocycles. The van der Waals surface area contributed by atoms with Gasteiger partial charge in [0, 0.05) is 31.2 Å². The lowest BCUT2D eigenvalue weighted by Gasteiger charge is -2.41. The summed E-state index contributed by atoms with van der Waals surface area (Å²) < 4.78 is 0. The molecule has 0 saturated carbocycles. The minimum atomic E-state index is 0.657. The van der Waals surface area contributed by atoms with Crippen molar-refractivity contribution in [1.82, 2.24) is 14.9 Å². The van der Waals surface area contributed by atoms with E-state index in [1.165, 1.54) is 25.7 Å². The van der Waals surface area contributed by atoms with Crippen molar-refractivity contribution in [2.45, 2.75) is 57.7 Å². The van der Waals surface area contributed by atoms with Gasteiger partial charge in [0.1, 0.15) is 5.82 Å². The highest BCUT2D eigenvalue weighted by Gasteiger charge is 2.35. The Morgan fingerprint density at radius 2 is 1.74 bits per heavy atom. The van der Waals surface area contributed by atoms with Gasteiger partial charge in [-0.1, -0.05) is 12.1 Å². The average Bonchev–Trinajstić information content (AvgIpc) is 2.93. The number of piperidine rings is 1. The van der Waals surface area contributed by atoms with Gasteiger partial charge in [-0.25, -0.2) is 4.98 Å². The van der Waals surface area contributed by atoms with E-state index in [0.717, 1.165) is 42.0 Å². The molecule has 122 valence electrons. The lowest BCUT2D eigenvalue weighted by Crippen LogP contribution is -2.51. The zero-order valence-electron chi connectivity index (χ0n) is 14.2. The zero-order valence-corrected chi connectivity index (χ0v) is 14.2. The van der Waals surface area contributed by atoms with E-state index in [9.17, 15) is 0 Å². The number of rotatable bonds is 2. The molecule has 4 nitrogen and oxygen atoms in total. The maximum atomic E-state index is 4.84. The summed E-state index contributed by atoms with van der Waals surface area (Å²) in [7, 11) is 0. The molecule has 0 radical (unpaired) electrons. The summed E-state index contributed by atoms with van der Waals surface area (Å²) >= 11 is 0. The number of para-hydroxylation sites is 2. The Kier molecular flexibility index (Phi) is 3.93. The van der Waals surface area contributed by atoms with Gasteiger partial charge in [-0.05, 0) is 51.7 Å².